The molecule has 1 unspecified atom stereocenters. The quantitative estimate of drug-likeness (QED) is 0.907. The number of anilines is 1. The van der Waals surface area contributed by atoms with E-state index in [9.17, 15) is 4.39 Å². The number of rotatable bonds is 3. The molecule has 0 bridgehead atoms. The number of hydrogen-bond acceptors (Lipinski definition) is 3. The molecule has 19 heavy (non-hydrogen) atoms. The van der Waals surface area contributed by atoms with E-state index in [1.807, 2.05) is 6.07 Å². The number of nitrogens with zero attached hydrogens (tertiary/aromatic N) is 1. The standard InChI is InChI=1S/C15H21FN2O/c1-19-12-5-6-13(16)15(9-12)18-8-2-7-17-14(10-18)11-3-4-11/h5-6,9,11,14,17H,2-4,7-8,10H2,1H3. The second-order valence-corrected chi connectivity index (χ2v) is 5.51. The molecule has 1 atom stereocenters. The first-order valence-electron chi connectivity index (χ1n) is 7.10. The summed E-state index contributed by atoms with van der Waals surface area (Å²) in [5.41, 5.74) is 0.675. The van der Waals surface area contributed by atoms with Gasteiger partial charge in [0.15, 0.2) is 0 Å². The van der Waals surface area contributed by atoms with Gasteiger partial charge in [0, 0.05) is 25.2 Å². The molecule has 1 N–H and O–H groups in total. The van der Waals surface area contributed by atoms with Crippen LogP contribution >= 0.6 is 0 Å². The predicted molar refractivity (Wildman–Crippen MR) is 74.3 cm³/mol. The Morgan fingerprint density at radius 2 is 2.21 bits per heavy atom. The topological polar surface area (TPSA) is 24.5 Å². The van der Waals surface area contributed by atoms with Gasteiger partial charge in [0.25, 0.3) is 0 Å². The fourth-order valence-corrected chi connectivity index (χ4v) is 2.85. The third kappa shape index (κ3) is 2.84. The predicted octanol–water partition coefficient (Wildman–Crippen LogP) is 2.41. The van der Waals surface area contributed by atoms with Crippen molar-refractivity contribution in [2.75, 3.05) is 31.6 Å². The second kappa shape index (κ2) is 5.37. The van der Waals surface area contributed by atoms with E-state index in [1.54, 1.807) is 13.2 Å². The molecule has 2 aliphatic rings. The van der Waals surface area contributed by atoms with Crippen LogP contribution in [0.1, 0.15) is 19.3 Å². The van der Waals surface area contributed by atoms with Gasteiger partial charge in [0.1, 0.15) is 11.6 Å². The van der Waals surface area contributed by atoms with E-state index in [0.29, 0.717) is 11.7 Å². The van der Waals surface area contributed by atoms with Gasteiger partial charge in [-0.15, -0.1) is 0 Å². The molecule has 0 aromatic heterocycles. The summed E-state index contributed by atoms with van der Waals surface area (Å²) in [5, 5.41) is 3.60. The molecule has 1 aliphatic carbocycles. The minimum atomic E-state index is -0.155. The van der Waals surface area contributed by atoms with Crippen LogP contribution in [-0.4, -0.2) is 32.8 Å². The lowest BCUT2D eigenvalue weighted by Gasteiger charge is -2.27. The second-order valence-electron chi connectivity index (χ2n) is 5.51. The van der Waals surface area contributed by atoms with Crippen LogP contribution in [0.4, 0.5) is 10.1 Å². The Kier molecular flexibility index (Phi) is 3.60. The van der Waals surface area contributed by atoms with Crippen molar-refractivity contribution in [3.8, 4) is 5.75 Å². The number of halogens is 1. The molecule has 1 aromatic rings. The Morgan fingerprint density at radius 1 is 1.37 bits per heavy atom. The monoisotopic (exact) mass is 264 g/mol. The van der Waals surface area contributed by atoms with E-state index in [2.05, 4.69) is 10.2 Å². The van der Waals surface area contributed by atoms with Gasteiger partial charge in [-0.25, -0.2) is 4.39 Å². The highest BCUT2D eigenvalue weighted by Crippen LogP contribution is 2.35. The van der Waals surface area contributed by atoms with Gasteiger partial charge in [-0.3, -0.25) is 0 Å². The molecule has 104 valence electrons. The summed E-state index contributed by atoms with van der Waals surface area (Å²) in [6.45, 7) is 2.83. The van der Waals surface area contributed by atoms with Gasteiger partial charge < -0.3 is 15.0 Å². The Bertz CT molecular complexity index is 448. The summed E-state index contributed by atoms with van der Waals surface area (Å²) in [6, 6.07) is 5.49. The Balaban J connectivity index is 1.82. The smallest absolute Gasteiger partial charge is 0.146 e. The Hall–Kier alpha value is -1.29. The maximum atomic E-state index is 14.0. The molecule has 1 saturated carbocycles. The first-order chi connectivity index (χ1) is 9.28. The Labute approximate surface area is 113 Å². The van der Waals surface area contributed by atoms with E-state index >= 15 is 0 Å². The molecule has 1 heterocycles. The van der Waals surface area contributed by atoms with Crippen LogP contribution in [0, 0.1) is 11.7 Å². The van der Waals surface area contributed by atoms with Crippen molar-refractivity contribution < 1.29 is 9.13 Å². The average Bonchev–Trinajstić information content (AvgIpc) is 3.25. The molecule has 3 rings (SSSR count). The van der Waals surface area contributed by atoms with Gasteiger partial charge in [-0.2, -0.15) is 0 Å². The number of hydrogen-bond donors (Lipinski definition) is 1. The minimum absolute atomic E-state index is 0.155. The van der Waals surface area contributed by atoms with Crippen molar-refractivity contribution in [1.29, 1.82) is 0 Å². The highest BCUT2D eigenvalue weighted by molar-refractivity contribution is 5.52. The van der Waals surface area contributed by atoms with Gasteiger partial charge in [-0.05, 0) is 43.9 Å². The molecular formula is C15H21FN2O. The van der Waals surface area contributed by atoms with Gasteiger partial charge >= 0.3 is 0 Å². The SMILES string of the molecule is COc1ccc(F)c(N2CCCNC(C3CC3)C2)c1. The van der Waals surface area contributed by atoms with E-state index in [1.165, 1.54) is 18.9 Å². The highest BCUT2D eigenvalue weighted by atomic mass is 19.1. The van der Waals surface area contributed by atoms with Crippen LogP contribution in [0.3, 0.4) is 0 Å². The molecule has 0 radical (unpaired) electrons. The summed E-state index contributed by atoms with van der Waals surface area (Å²) < 4.78 is 19.3. The van der Waals surface area contributed by atoms with Crippen LogP contribution in [0.25, 0.3) is 0 Å². The molecule has 1 aliphatic heterocycles. The average molecular weight is 264 g/mol. The van der Waals surface area contributed by atoms with Gasteiger partial charge in [-0.1, -0.05) is 0 Å². The molecule has 3 nitrogen and oxygen atoms in total. The molecule has 0 spiro atoms. The van der Waals surface area contributed by atoms with Crippen LogP contribution in [0.5, 0.6) is 5.75 Å². The normalized spacial score (nSPS) is 24.1. The zero-order valence-corrected chi connectivity index (χ0v) is 11.4. The van der Waals surface area contributed by atoms with E-state index in [-0.39, 0.29) is 5.82 Å². The molecule has 1 saturated heterocycles. The number of benzene rings is 1. The maximum absolute atomic E-state index is 14.0. The van der Waals surface area contributed by atoms with E-state index in [0.717, 1.165) is 37.7 Å². The highest BCUT2D eigenvalue weighted by Gasteiger charge is 2.33. The largest absolute Gasteiger partial charge is 0.497 e. The number of methoxy groups -OCH3 is 1. The zero-order valence-electron chi connectivity index (χ0n) is 11.4. The summed E-state index contributed by atoms with van der Waals surface area (Å²) in [7, 11) is 1.62. The van der Waals surface area contributed by atoms with E-state index in [4.69, 9.17) is 4.74 Å². The molecule has 4 heteroatoms. The Morgan fingerprint density at radius 3 is 2.95 bits per heavy atom. The molecule has 0 amide bonds. The lowest BCUT2D eigenvalue weighted by molar-refractivity contribution is 0.413. The minimum Gasteiger partial charge on any atom is -0.497 e. The van der Waals surface area contributed by atoms with Crippen molar-refractivity contribution in [3.63, 3.8) is 0 Å². The molecule has 1 aromatic carbocycles. The van der Waals surface area contributed by atoms with E-state index < -0.39 is 0 Å². The summed E-state index contributed by atoms with van der Waals surface area (Å²) in [4.78, 5) is 2.17. The van der Waals surface area contributed by atoms with Crippen molar-refractivity contribution in [2.45, 2.75) is 25.3 Å². The summed E-state index contributed by atoms with van der Waals surface area (Å²) in [6.07, 6.45) is 3.68. The van der Waals surface area contributed by atoms with Crippen molar-refractivity contribution in [3.05, 3.63) is 24.0 Å². The molecule has 2 fully saturated rings. The van der Waals surface area contributed by atoms with Crippen molar-refractivity contribution in [2.24, 2.45) is 5.92 Å². The third-order valence-corrected chi connectivity index (χ3v) is 4.11. The number of nitrogens with one attached hydrogen (secondary N) is 1. The zero-order chi connectivity index (χ0) is 13.2. The van der Waals surface area contributed by atoms with Crippen molar-refractivity contribution >= 4 is 5.69 Å². The first kappa shape index (κ1) is 12.7. The van der Waals surface area contributed by atoms with Crippen LogP contribution in [0.15, 0.2) is 18.2 Å². The third-order valence-electron chi connectivity index (χ3n) is 4.11. The summed E-state index contributed by atoms with van der Waals surface area (Å²) >= 11 is 0. The van der Waals surface area contributed by atoms with Gasteiger partial charge in [0.05, 0.1) is 12.8 Å². The lowest BCUT2D eigenvalue weighted by Crippen LogP contribution is -2.39. The van der Waals surface area contributed by atoms with Gasteiger partial charge in [0.2, 0.25) is 0 Å². The van der Waals surface area contributed by atoms with Crippen molar-refractivity contribution in [1.82, 2.24) is 5.32 Å². The lowest BCUT2D eigenvalue weighted by atomic mass is 10.1. The maximum Gasteiger partial charge on any atom is 0.146 e. The van der Waals surface area contributed by atoms with Crippen LogP contribution in [-0.2, 0) is 0 Å². The van der Waals surface area contributed by atoms with Crippen LogP contribution in [0.2, 0.25) is 0 Å². The fourth-order valence-electron chi connectivity index (χ4n) is 2.85. The first-order valence-corrected chi connectivity index (χ1v) is 7.10. The molecular weight excluding hydrogens is 243 g/mol. The van der Waals surface area contributed by atoms with Crippen LogP contribution < -0.4 is 15.0 Å². The fraction of sp³-hybridized carbons (Fsp3) is 0.600. The number of ether oxygens (including phenoxy) is 1. The summed E-state index contributed by atoms with van der Waals surface area (Å²) in [5.74, 6) is 1.35.